The van der Waals surface area contributed by atoms with Crippen molar-refractivity contribution in [3.8, 4) is 5.75 Å². The summed E-state index contributed by atoms with van der Waals surface area (Å²) in [5.41, 5.74) is 1.18. The van der Waals surface area contributed by atoms with E-state index in [2.05, 4.69) is 14.8 Å². The van der Waals surface area contributed by atoms with Crippen molar-refractivity contribution in [3.63, 3.8) is 0 Å². The lowest BCUT2D eigenvalue weighted by Crippen LogP contribution is -2.17. The number of phenols is 1. The number of nitrogens with one attached hydrogen (secondary N) is 1. The van der Waals surface area contributed by atoms with Crippen molar-refractivity contribution in [1.82, 2.24) is 0 Å². The molecule has 6 nitrogen and oxygen atoms in total. The van der Waals surface area contributed by atoms with Gasteiger partial charge in [-0.1, -0.05) is 13.0 Å². The third kappa shape index (κ3) is 5.07. The molecule has 1 heterocycles. The maximum absolute atomic E-state index is 11.3. The van der Waals surface area contributed by atoms with Crippen LogP contribution in [0.25, 0.3) is 0 Å². The maximum atomic E-state index is 11.3. The SMILES string of the molecule is CCC(=O)OC(C)OC.O=C1CCNc2cccc(O)c21. The summed E-state index contributed by atoms with van der Waals surface area (Å²) in [6.07, 6.45) is 0.440. The molecule has 1 aliphatic heterocycles. The lowest BCUT2D eigenvalue weighted by molar-refractivity contribution is -0.169. The predicted molar refractivity (Wildman–Crippen MR) is 78.4 cm³/mol. The smallest absolute Gasteiger partial charge is 0.307 e. The highest BCUT2D eigenvalue weighted by Crippen LogP contribution is 2.29. The highest BCUT2D eigenvalue weighted by atomic mass is 16.7. The van der Waals surface area contributed by atoms with E-state index in [0.29, 0.717) is 24.9 Å². The number of carbonyl (C=O) groups is 2. The van der Waals surface area contributed by atoms with Crippen LogP contribution < -0.4 is 5.32 Å². The molecule has 0 radical (unpaired) electrons. The number of aromatic hydroxyl groups is 1. The highest BCUT2D eigenvalue weighted by molar-refractivity contribution is 6.05. The molecule has 0 fully saturated rings. The number of benzene rings is 1. The van der Waals surface area contributed by atoms with Crippen LogP contribution in [0.1, 0.15) is 37.0 Å². The van der Waals surface area contributed by atoms with Crippen LogP contribution >= 0.6 is 0 Å². The summed E-state index contributed by atoms with van der Waals surface area (Å²) < 4.78 is 9.37. The minimum Gasteiger partial charge on any atom is -0.507 e. The molecular weight excluding hydrogens is 274 g/mol. The summed E-state index contributed by atoms with van der Waals surface area (Å²) >= 11 is 0. The molecule has 0 saturated carbocycles. The van der Waals surface area contributed by atoms with Crippen molar-refractivity contribution in [2.24, 2.45) is 0 Å². The third-order valence-electron chi connectivity index (χ3n) is 2.91. The van der Waals surface area contributed by atoms with Crippen LogP contribution in [0.3, 0.4) is 0 Å². The number of anilines is 1. The molecular formula is C15H21NO5. The summed E-state index contributed by atoms with van der Waals surface area (Å²) in [5, 5.41) is 12.4. The Bertz CT molecular complexity index is 501. The van der Waals surface area contributed by atoms with Gasteiger partial charge < -0.3 is 19.9 Å². The number of hydrogen-bond acceptors (Lipinski definition) is 6. The molecule has 0 bridgehead atoms. The first-order chi connectivity index (χ1) is 9.99. The summed E-state index contributed by atoms with van der Waals surface area (Å²) in [6.45, 7) is 4.08. The van der Waals surface area contributed by atoms with Gasteiger partial charge >= 0.3 is 5.97 Å². The zero-order chi connectivity index (χ0) is 15.8. The Hall–Kier alpha value is -2.08. The average molecular weight is 295 g/mol. The molecule has 1 aromatic rings. The minimum atomic E-state index is -0.419. The van der Waals surface area contributed by atoms with Crippen LogP contribution in [0.4, 0.5) is 5.69 Å². The van der Waals surface area contributed by atoms with Crippen molar-refractivity contribution in [2.45, 2.75) is 33.0 Å². The Balaban J connectivity index is 0.000000222. The molecule has 0 saturated heterocycles. The Morgan fingerprint density at radius 2 is 2.19 bits per heavy atom. The van der Waals surface area contributed by atoms with E-state index < -0.39 is 6.29 Å². The number of carbonyl (C=O) groups excluding carboxylic acids is 2. The molecule has 21 heavy (non-hydrogen) atoms. The molecule has 2 N–H and O–H groups in total. The van der Waals surface area contributed by atoms with Gasteiger partial charge in [0.15, 0.2) is 12.1 Å². The topological polar surface area (TPSA) is 84.9 Å². The van der Waals surface area contributed by atoms with Crippen LogP contribution in [-0.4, -0.2) is 36.8 Å². The zero-order valence-corrected chi connectivity index (χ0v) is 12.5. The molecule has 0 amide bonds. The predicted octanol–water partition coefficient (Wildman–Crippen LogP) is 2.32. The number of hydrogen-bond donors (Lipinski definition) is 2. The molecule has 0 spiro atoms. The van der Waals surface area contributed by atoms with E-state index in [0.717, 1.165) is 5.69 Å². The average Bonchev–Trinajstić information content (AvgIpc) is 2.48. The van der Waals surface area contributed by atoms with E-state index in [4.69, 9.17) is 0 Å². The van der Waals surface area contributed by atoms with Gasteiger partial charge in [-0.3, -0.25) is 9.59 Å². The van der Waals surface area contributed by atoms with Crippen LogP contribution in [0, 0.1) is 0 Å². The zero-order valence-electron chi connectivity index (χ0n) is 12.5. The molecule has 1 aromatic carbocycles. The Labute approximate surface area is 124 Å². The normalized spacial score (nSPS) is 14.1. The lowest BCUT2D eigenvalue weighted by atomic mass is 10.0. The Kier molecular flexibility index (Phi) is 6.68. The molecule has 1 atom stereocenters. The Morgan fingerprint density at radius 1 is 1.48 bits per heavy atom. The van der Waals surface area contributed by atoms with E-state index in [9.17, 15) is 14.7 Å². The van der Waals surface area contributed by atoms with Gasteiger partial charge in [0.2, 0.25) is 0 Å². The van der Waals surface area contributed by atoms with Crippen molar-refractivity contribution < 1.29 is 24.2 Å². The largest absolute Gasteiger partial charge is 0.507 e. The van der Waals surface area contributed by atoms with Gasteiger partial charge in [-0.25, -0.2) is 0 Å². The number of ketones is 1. The van der Waals surface area contributed by atoms with E-state index in [1.165, 1.54) is 13.2 Å². The summed E-state index contributed by atoms with van der Waals surface area (Å²) in [4.78, 5) is 21.8. The van der Waals surface area contributed by atoms with Gasteiger partial charge in [-0.05, 0) is 19.1 Å². The molecule has 1 aliphatic rings. The maximum Gasteiger partial charge on any atom is 0.307 e. The molecule has 0 aliphatic carbocycles. The van der Waals surface area contributed by atoms with E-state index in [-0.39, 0.29) is 17.5 Å². The second-order valence-electron chi connectivity index (χ2n) is 4.45. The molecule has 116 valence electrons. The number of Topliss-reactive ketones (excluding diaryl/α,β-unsaturated/α-hetero) is 1. The fourth-order valence-electron chi connectivity index (χ4n) is 1.73. The van der Waals surface area contributed by atoms with Gasteiger partial charge in [-0.15, -0.1) is 0 Å². The van der Waals surface area contributed by atoms with Crippen molar-refractivity contribution in [3.05, 3.63) is 23.8 Å². The molecule has 0 aromatic heterocycles. The first kappa shape index (κ1) is 17.0. The lowest BCUT2D eigenvalue weighted by Gasteiger charge is -2.17. The standard InChI is InChI=1S/C9H9NO2.C6H12O3/c11-7-3-1-2-6-9(7)8(12)4-5-10-6;1-4-6(7)9-5(2)8-3/h1-3,10-11H,4-5H2;5H,4H2,1-3H3. The first-order valence-electron chi connectivity index (χ1n) is 6.80. The number of rotatable bonds is 3. The van der Waals surface area contributed by atoms with Gasteiger partial charge in [0.25, 0.3) is 0 Å². The summed E-state index contributed by atoms with van der Waals surface area (Å²) in [5.74, 6) is -0.143. The highest BCUT2D eigenvalue weighted by Gasteiger charge is 2.19. The quantitative estimate of drug-likeness (QED) is 0.657. The van der Waals surface area contributed by atoms with Gasteiger partial charge in [0, 0.05) is 32.2 Å². The molecule has 6 heteroatoms. The fraction of sp³-hybridized carbons (Fsp3) is 0.467. The minimum absolute atomic E-state index is 0.0156. The Morgan fingerprint density at radius 3 is 2.76 bits per heavy atom. The third-order valence-corrected chi connectivity index (χ3v) is 2.91. The number of phenolic OH excluding ortho intramolecular Hbond substituents is 1. The first-order valence-corrected chi connectivity index (χ1v) is 6.80. The van der Waals surface area contributed by atoms with Crippen LogP contribution in [0.5, 0.6) is 5.75 Å². The summed E-state index contributed by atoms with van der Waals surface area (Å²) in [6, 6.07) is 5.05. The number of esters is 1. The van der Waals surface area contributed by atoms with Gasteiger partial charge in [0.1, 0.15) is 5.75 Å². The van der Waals surface area contributed by atoms with Crippen LogP contribution in [-0.2, 0) is 14.3 Å². The van der Waals surface area contributed by atoms with Crippen LogP contribution in [0.2, 0.25) is 0 Å². The van der Waals surface area contributed by atoms with Crippen molar-refractivity contribution >= 4 is 17.4 Å². The van der Waals surface area contributed by atoms with Crippen LogP contribution in [0.15, 0.2) is 18.2 Å². The van der Waals surface area contributed by atoms with E-state index in [1.54, 1.807) is 26.0 Å². The second-order valence-corrected chi connectivity index (χ2v) is 4.45. The molecule has 1 unspecified atom stereocenters. The fourth-order valence-corrected chi connectivity index (χ4v) is 1.73. The van der Waals surface area contributed by atoms with Crippen molar-refractivity contribution in [1.29, 1.82) is 0 Å². The number of fused-ring (bicyclic) bond motifs is 1. The van der Waals surface area contributed by atoms with Gasteiger partial charge in [0.05, 0.1) is 5.56 Å². The molecule has 2 rings (SSSR count). The number of methoxy groups -OCH3 is 1. The van der Waals surface area contributed by atoms with Gasteiger partial charge in [-0.2, -0.15) is 0 Å². The summed E-state index contributed by atoms with van der Waals surface area (Å²) in [7, 11) is 1.49. The number of ether oxygens (including phenoxy) is 2. The van der Waals surface area contributed by atoms with E-state index in [1.807, 2.05) is 0 Å². The monoisotopic (exact) mass is 295 g/mol. The van der Waals surface area contributed by atoms with Crippen molar-refractivity contribution in [2.75, 3.05) is 19.0 Å². The second kappa shape index (κ2) is 8.26. The van der Waals surface area contributed by atoms with E-state index >= 15 is 0 Å².